The van der Waals surface area contributed by atoms with Crippen LogP contribution in [0, 0.1) is 0 Å². The molecule has 0 aliphatic rings. The molecule has 0 saturated heterocycles. The number of aromatic nitrogens is 1. The lowest BCUT2D eigenvalue weighted by molar-refractivity contribution is 0.392. The van der Waals surface area contributed by atoms with Crippen molar-refractivity contribution in [2.24, 2.45) is 0 Å². The van der Waals surface area contributed by atoms with Crippen molar-refractivity contribution in [1.29, 1.82) is 0 Å². The fraction of sp³-hybridized carbons (Fsp3) is 0.278. The third-order valence-electron chi connectivity index (χ3n) is 3.39. The van der Waals surface area contributed by atoms with Gasteiger partial charge in [0.2, 0.25) is 0 Å². The molecule has 1 N–H and O–H groups in total. The second-order valence-electron chi connectivity index (χ2n) is 6.35. The average molecular weight is 280 g/mol. The summed E-state index contributed by atoms with van der Waals surface area (Å²) in [7, 11) is 0. The van der Waals surface area contributed by atoms with Crippen LogP contribution in [0.5, 0.6) is 0 Å². The summed E-state index contributed by atoms with van der Waals surface area (Å²) in [5, 5.41) is 9.99. The van der Waals surface area contributed by atoms with Gasteiger partial charge in [-0.05, 0) is 37.6 Å². The van der Waals surface area contributed by atoms with Crippen LogP contribution >= 0.6 is 0 Å². The first-order valence-electron chi connectivity index (χ1n) is 7.21. The van der Waals surface area contributed by atoms with Crippen LogP contribution in [0.25, 0.3) is 22.1 Å². The van der Waals surface area contributed by atoms with Gasteiger partial charge < -0.3 is 9.84 Å². The fourth-order valence-electron chi connectivity index (χ4n) is 2.23. The Balaban J connectivity index is 1.84. The van der Waals surface area contributed by atoms with Crippen molar-refractivity contribution in [3.05, 3.63) is 54.2 Å². The minimum absolute atomic E-state index is 0.0715. The molecule has 0 radical (unpaired) electrons. The van der Waals surface area contributed by atoms with Gasteiger partial charge >= 0.3 is 0 Å². The maximum absolute atomic E-state index is 5.47. The molecule has 0 spiro atoms. The van der Waals surface area contributed by atoms with Crippen molar-refractivity contribution in [1.82, 2.24) is 10.5 Å². The largest absolute Gasteiger partial charge is 0.356 e. The quantitative estimate of drug-likeness (QED) is 0.773. The zero-order valence-electron chi connectivity index (χ0n) is 12.7. The fourth-order valence-corrected chi connectivity index (χ4v) is 2.23. The standard InChI is InChI=1S/C18H20N2O/c1-18(2,3)19-12-16-11-17(21-20-16)15-9-8-13-6-4-5-7-14(13)10-15/h4-11,19H,12H2,1-3H3. The van der Waals surface area contributed by atoms with E-state index < -0.39 is 0 Å². The number of benzene rings is 2. The summed E-state index contributed by atoms with van der Waals surface area (Å²) >= 11 is 0. The Kier molecular flexibility index (Phi) is 3.52. The number of hydrogen-bond donors (Lipinski definition) is 1. The Morgan fingerprint density at radius 2 is 1.76 bits per heavy atom. The number of nitrogens with one attached hydrogen (secondary N) is 1. The maximum atomic E-state index is 5.47. The zero-order valence-corrected chi connectivity index (χ0v) is 12.7. The minimum atomic E-state index is 0.0715. The van der Waals surface area contributed by atoms with Gasteiger partial charge in [0.25, 0.3) is 0 Å². The second kappa shape index (κ2) is 5.34. The predicted molar refractivity (Wildman–Crippen MR) is 86.0 cm³/mol. The number of fused-ring (bicyclic) bond motifs is 1. The molecule has 3 rings (SSSR count). The molecule has 3 nitrogen and oxygen atoms in total. The molecule has 0 unspecified atom stereocenters. The Bertz CT molecular complexity index is 753. The first-order chi connectivity index (χ1) is 10.0. The monoisotopic (exact) mass is 280 g/mol. The van der Waals surface area contributed by atoms with Crippen molar-refractivity contribution in [3.63, 3.8) is 0 Å². The molecular formula is C18H20N2O. The van der Waals surface area contributed by atoms with E-state index in [1.165, 1.54) is 10.8 Å². The molecule has 1 heterocycles. The van der Waals surface area contributed by atoms with Crippen LogP contribution in [0.2, 0.25) is 0 Å². The average Bonchev–Trinajstić information content (AvgIpc) is 2.93. The summed E-state index contributed by atoms with van der Waals surface area (Å²) in [5.41, 5.74) is 2.05. The highest BCUT2D eigenvalue weighted by molar-refractivity contribution is 5.86. The normalized spacial score (nSPS) is 12.0. The van der Waals surface area contributed by atoms with Crippen LogP contribution < -0.4 is 5.32 Å². The molecule has 21 heavy (non-hydrogen) atoms. The summed E-state index contributed by atoms with van der Waals surface area (Å²) in [5.74, 6) is 0.812. The third kappa shape index (κ3) is 3.31. The van der Waals surface area contributed by atoms with Gasteiger partial charge in [-0.1, -0.05) is 41.6 Å². The Morgan fingerprint density at radius 3 is 2.52 bits per heavy atom. The smallest absolute Gasteiger partial charge is 0.167 e. The highest BCUT2D eigenvalue weighted by Crippen LogP contribution is 2.25. The number of nitrogens with zero attached hydrogens (tertiary/aromatic N) is 1. The lowest BCUT2D eigenvalue weighted by atomic mass is 10.1. The van der Waals surface area contributed by atoms with E-state index in [9.17, 15) is 0 Å². The van der Waals surface area contributed by atoms with Gasteiger partial charge in [-0.15, -0.1) is 0 Å². The Morgan fingerprint density at radius 1 is 1.00 bits per heavy atom. The molecule has 0 bridgehead atoms. The zero-order chi connectivity index (χ0) is 14.9. The molecule has 1 aromatic heterocycles. The molecule has 0 amide bonds. The molecule has 0 aliphatic heterocycles. The summed E-state index contributed by atoms with van der Waals surface area (Å²) in [6, 6.07) is 16.6. The third-order valence-corrected chi connectivity index (χ3v) is 3.39. The highest BCUT2D eigenvalue weighted by Gasteiger charge is 2.12. The van der Waals surface area contributed by atoms with E-state index in [0.29, 0.717) is 6.54 Å². The van der Waals surface area contributed by atoms with Crippen LogP contribution in [-0.4, -0.2) is 10.7 Å². The van der Waals surface area contributed by atoms with Crippen LogP contribution in [0.1, 0.15) is 26.5 Å². The molecule has 2 aromatic carbocycles. The van der Waals surface area contributed by atoms with E-state index in [1.54, 1.807) is 0 Å². The van der Waals surface area contributed by atoms with E-state index in [1.807, 2.05) is 18.2 Å². The topological polar surface area (TPSA) is 38.1 Å². The molecule has 0 saturated carbocycles. The Labute approximate surface area is 125 Å². The maximum Gasteiger partial charge on any atom is 0.167 e. The highest BCUT2D eigenvalue weighted by atomic mass is 16.5. The predicted octanol–water partition coefficient (Wildman–Crippen LogP) is 4.38. The number of hydrogen-bond acceptors (Lipinski definition) is 3. The van der Waals surface area contributed by atoms with Gasteiger partial charge in [0.1, 0.15) is 0 Å². The molecule has 0 fully saturated rings. The first kappa shape index (κ1) is 13.8. The van der Waals surface area contributed by atoms with Crippen LogP contribution in [-0.2, 0) is 6.54 Å². The molecule has 3 aromatic rings. The van der Waals surface area contributed by atoms with Crippen molar-refractivity contribution in [2.45, 2.75) is 32.9 Å². The van der Waals surface area contributed by atoms with Crippen molar-refractivity contribution < 1.29 is 4.52 Å². The van der Waals surface area contributed by atoms with Crippen molar-refractivity contribution in [2.75, 3.05) is 0 Å². The van der Waals surface area contributed by atoms with E-state index in [2.05, 4.69) is 61.6 Å². The van der Waals surface area contributed by atoms with Crippen LogP contribution in [0.3, 0.4) is 0 Å². The SMILES string of the molecule is CC(C)(C)NCc1cc(-c2ccc3ccccc3c2)on1. The van der Waals surface area contributed by atoms with Gasteiger partial charge in [-0.25, -0.2) is 0 Å². The molecule has 3 heteroatoms. The molecule has 0 atom stereocenters. The Hall–Kier alpha value is -2.13. The lowest BCUT2D eigenvalue weighted by Crippen LogP contribution is -2.35. The van der Waals surface area contributed by atoms with Crippen molar-refractivity contribution in [3.8, 4) is 11.3 Å². The summed E-state index contributed by atoms with van der Waals surface area (Å²) in [4.78, 5) is 0. The van der Waals surface area contributed by atoms with Gasteiger partial charge in [0.05, 0.1) is 5.69 Å². The van der Waals surface area contributed by atoms with Crippen molar-refractivity contribution >= 4 is 10.8 Å². The van der Waals surface area contributed by atoms with Gasteiger partial charge in [0, 0.05) is 23.7 Å². The second-order valence-corrected chi connectivity index (χ2v) is 6.35. The molecule has 108 valence electrons. The van der Waals surface area contributed by atoms with E-state index in [0.717, 1.165) is 17.0 Å². The summed E-state index contributed by atoms with van der Waals surface area (Å²) in [6.07, 6.45) is 0. The van der Waals surface area contributed by atoms with Gasteiger partial charge in [-0.3, -0.25) is 0 Å². The first-order valence-corrected chi connectivity index (χ1v) is 7.21. The summed E-state index contributed by atoms with van der Waals surface area (Å²) in [6.45, 7) is 7.12. The molecule has 0 aliphatic carbocycles. The van der Waals surface area contributed by atoms with Crippen LogP contribution in [0.15, 0.2) is 53.1 Å². The minimum Gasteiger partial charge on any atom is -0.356 e. The van der Waals surface area contributed by atoms with E-state index in [-0.39, 0.29) is 5.54 Å². The van der Waals surface area contributed by atoms with Crippen LogP contribution in [0.4, 0.5) is 0 Å². The van der Waals surface area contributed by atoms with E-state index in [4.69, 9.17) is 4.52 Å². The van der Waals surface area contributed by atoms with Gasteiger partial charge in [0.15, 0.2) is 5.76 Å². The molecular weight excluding hydrogens is 260 g/mol. The lowest BCUT2D eigenvalue weighted by Gasteiger charge is -2.19. The van der Waals surface area contributed by atoms with E-state index >= 15 is 0 Å². The number of rotatable bonds is 3. The summed E-state index contributed by atoms with van der Waals surface area (Å²) < 4.78 is 5.47. The van der Waals surface area contributed by atoms with Gasteiger partial charge in [-0.2, -0.15) is 0 Å².